The molecule has 156 valence electrons. The van der Waals surface area contributed by atoms with Crippen LogP contribution in [0.15, 0.2) is 47.5 Å². The average molecular weight is 397 g/mol. The summed E-state index contributed by atoms with van der Waals surface area (Å²) in [5, 5.41) is 6.46. The Morgan fingerprint density at radius 3 is 2.41 bits per heavy atom. The molecule has 0 unspecified atom stereocenters. The van der Waals surface area contributed by atoms with Crippen molar-refractivity contribution in [3.63, 3.8) is 0 Å². The Hall–Kier alpha value is -3.02. The van der Waals surface area contributed by atoms with E-state index in [1.165, 1.54) is 22.3 Å². The van der Waals surface area contributed by atoms with Crippen LogP contribution < -0.4 is 15.4 Å². The Morgan fingerprint density at radius 2 is 1.79 bits per heavy atom. The molecular weight excluding hydrogens is 364 g/mol. The predicted octanol–water partition coefficient (Wildman–Crippen LogP) is 2.68. The standard InChI is InChI=1S/C23H32N4O2/c1-17-6-9-20(18(2)14-17)15-25-23(26-16-22(28)27(3)4)24-13-12-19-7-10-21(29-5)11-8-19/h6-11,14H,12-13,15-16H2,1-5H3,(H2,24,25,26). The Labute approximate surface area is 174 Å². The molecule has 0 saturated heterocycles. The molecule has 0 radical (unpaired) electrons. The van der Waals surface area contributed by atoms with Gasteiger partial charge in [-0.1, -0.05) is 35.9 Å². The van der Waals surface area contributed by atoms with Gasteiger partial charge in [0.1, 0.15) is 5.75 Å². The highest BCUT2D eigenvalue weighted by atomic mass is 16.5. The number of methoxy groups -OCH3 is 1. The molecule has 29 heavy (non-hydrogen) atoms. The first-order valence-electron chi connectivity index (χ1n) is 9.80. The maximum Gasteiger partial charge on any atom is 0.241 e. The molecule has 0 bridgehead atoms. The van der Waals surface area contributed by atoms with Crippen molar-refractivity contribution < 1.29 is 9.53 Å². The quantitative estimate of drug-likeness (QED) is 0.532. The van der Waals surface area contributed by atoms with Gasteiger partial charge in [0.15, 0.2) is 5.96 Å². The first kappa shape index (κ1) is 22.3. The zero-order chi connectivity index (χ0) is 21.2. The predicted molar refractivity (Wildman–Crippen MR) is 118 cm³/mol. The molecule has 0 fully saturated rings. The minimum atomic E-state index is 0.00108. The van der Waals surface area contributed by atoms with Crippen LogP contribution >= 0.6 is 0 Å². The number of benzene rings is 2. The lowest BCUT2D eigenvalue weighted by Gasteiger charge is -2.15. The molecule has 2 rings (SSSR count). The third-order valence-corrected chi connectivity index (χ3v) is 4.68. The van der Waals surface area contributed by atoms with E-state index in [0.717, 1.165) is 12.2 Å². The summed E-state index contributed by atoms with van der Waals surface area (Å²) in [6, 6.07) is 14.4. The van der Waals surface area contributed by atoms with Gasteiger partial charge in [-0.15, -0.1) is 0 Å². The van der Waals surface area contributed by atoms with Gasteiger partial charge in [-0.05, 0) is 49.1 Å². The van der Waals surface area contributed by atoms with Crippen LogP contribution in [0.2, 0.25) is 0 Å². The van der Waals surface area contributed by atoms with Gasteiger partial charge in [0, 0.05) is 20.6 Å². The number of aryl methyl sites for hydroxylation is 2. The maximum absolute atomic E-state index is 11.9. The van der Waals surface area contributed by atoms with Crippen LogP contribution in [0.5, 0.6) is 5.75 Å². The number of aliphatic imine (C=N–C) groups is 1. The monoisotopic (exact) mass is 396 g/mol. The highest BCUT2D eigenvalue weighted by molar-refractivity contribution is 5.86. The molecule has 2 N–H and O–H groups in total. The van der Waals surface area contributed by atoms with Gasteiger partial charge in [-0.3, -0.25) is 4.79 Å². The smallest absolute Gasteiger partial charge is 0.241 e. The fraction of sp³-hybridized carbons (Fsp3) is 0.391. The summed E-state index contributed by atoms with van der Waals surface area (Å²) in [5.41, 5.74) is 4.83. The summed E-state index contributed by atoms with van der Waals surface area (Å²) in [6.45, 7) is 5.65. The van der Waals surface area contributed by atoms with E-state index in [4.69, 9.17) is 4.74 Å². The molecular formula is C23H32N4O2. The molecule has 1 amide bonds. The second-order valence-electron chi connectivity index (χ2n) is 7.26. The Kier molecular flexibility index (Phi) is 8.52. The lowest BCUT2D eigenvalue weighted by Crippen LogP contribution is -2.43. The normalized spacial score (nSPS) is 11.1. The Bertz CT molecular complexity index is 829. The molecule has 6 nitrogen and oxygen atoms in total. The van der Waals surface area contributed by atoms with Crippen molar-refractivity contribution in [1.29, 1.82) is 0 Å². The number of likely N-dealkylation sites (N-methyl/N-ethyl adjacent to an activating group) is 1. The van der Waals surface area contributed by atoms with Gasteiger partial charge < -0.3 is 20.3 Å². The van der Waals surface area contributed by atoms with Crippen molar-refractivity contribution in [2.75, 3.05) is 34.3 Å². The van der Waals surface area contributed by atoms with Crippen molar-refractivity contribution in [1.82, 2.24) is 15.5 Å². The highest BCUT2D eigenvalue weighted by Gasteiger charge is 2.06. The molecule has 0 aliphatic heterocycles. The van der Waals surface area contributed by atoms with Gasteiger partial charge in [0.05, 0.1) is 20.2 Å². The van der Waals surface area contributed by atoms with Crippen LogP contribution in [0.25, 0.3) is 0 Å². The minimum Gasteiger partial charge on any atom is -0.497 e. The summed E-state index contributed by atoms with van der Waals surface area (Å²) >= 11 is 0. The fourth-order valence-electron chi connectivity index (χ4n) is 2.80. The summed E-state index contributed by atoms with van der Waals surface area (Å²) in [5.74, 6) is 1.48. The van der Waals surface area contributed by atoms with E-state index in [0.29, 0.717) is 19.0 Å². The molecule has 2 aromatic carbocycles. The van der Waals surface area contributed by atoms with E-state index in [1.807, 2.05) is 12.1 Å². The van der Waals surface area contributed by atoms with E-state index in [2.05, 4.69) is 59.8 Å². The minimum absolute atomic E-state index is 0.00108. The topological polar surface area (TPSA) is 66.0 Å². The third kappa shape index (κ3) is 7.49. The van der Waals surface area contributed by atoms with E-state index >= 15 is 0 Å². The number of hydrogen-bond acceptors (Lipinski definition) is 3. The van der Waals surface area contributed by atoms with Crippen LogP contribution in [-0.2, 0) is 17.8 Å². The zero-order valence-electron chi connectivity index (χ0n) is 18.1. The van der Waals surface area contributed by atoms with E-state index in [-0.39, 0.29) is 12.5 Å². The summed E-state index contributed by atoms with van der Waals surface area (Å²) in [6.07, 6.45) is 0.843. The van der Waals surface area contributed by atoms with Crippen LogP contribution in [0.3, 0.4) is 0 Å². The summed E-state index contributed by atoms with van der Waals surface area (Å²) in [7, 11) is 5.15. The Morgan fingerprint density at radius 1 is 1.07 bits per heavy atom. The number of rotatable bonds is 8. The van der Waals surface area contributed by atoms with Crippen LogP contribution in [-0.4, -0.2) is 51.1 Å². The SMILES string of the molecule is COc1ccc(CCNC(=NCc2ccc(C)cc2C)NCC(=O)N(C)C)cc1. The van der Waals surface area contributed by atoms with Gasteiger partial charge in [-0.25, -0.2) is 4.99 Å². The molecule has 0 saturated carbocycles. The number of ether oxygens (including phenoxy) is 1. The van der Waals surface area contributed by atoms with Crippen LogP contribution in [0.4, 0.5) is 0 Å². The molecule has 6 heteroatoms. The van der Waals surface area contributed by atoms with Gasteiger partial charge >= 0.3 is 0 Å². The van der Waals surface area contributed by atoms with E-state index < -0.39 is 0 Å². The van der Waals surface area contributed by atoms with Crippen molar-refractivity contribution in [3.05, 3.63) is 64.7 Å². The average Bonchev–Trinajstić information content (AvgIpc) is 2.70. The lowest BCUT2D eigenvalue weighted by molar-refractivity contribution is -0.127. The summed E-state index contributed by atoms with van der Waals surface area (Å²) in [4.78, 5) is 18.2. The zero-order valence-corrected chi connectivity index (χ0v) is 18.1. The molecule has 0 atom stereocenters. The maximum atomic E-state index is 11.9. The highest BCUT2D eigenvalue weighted by Crippen LogP contribution is 2.12. The van der Waals surface area contributed by atoms with Gasteiger partial charge in [-0.2, -0.15) is 0 Å². The largest absolute Gasteiger partial charge is 0.497 e. The van der Waals surface area contributed by atoms with Gasteiger partial charge in [0.2, 0.25) is 5.91 Å². The van der Waals surface area contributed by atoms with E-state index in [1.54, 1.807) is 26.1 Å². The van der Waals surface area contributed by atoms with E-state index in [9.17, 15) is 4.79 Å². The first-order chi connectivity index (χ1) is 13.9. The fourth-order valence-corrected chi connectivity index (χ4v) is 2.80. The number of guanidine groups is 1. The van der Waals surface area contributed by atoms with Crippen molar-refractivity contribution in [2.45, 2.75) is 26.8 Å². The van der Waals surface area contributed by atoms with Gasteiger partial charge in [0.25, 0.3) is 0 Å². The third-order valence-electron chi connectivity index (χ3n) is 4.68. The molecule has 2 aromatic rings. The second kappa shape index (κ2) is 11.1. The number of nitrogens with one attached hydrogen (secondary N) is 2. The second-order valence-corrected chi connectivity index (χ2v) is 7.26. The molecule has 0 aliphatic rings. The van der Waals surface area contributed by atoms with Crippen LogP contribution in [0.1, 0.15) is 22.3 Å². The molecule has 0 heterocycles. The first-order valence-corrected chi connectivity index (χ1v) is 9.80. The number of amides is 1. The molecule has 0 spiro atoms. The summed E-state index contributed by atoms with van der Waals surface area (Å²) < 4.78 is 5.20. The number of carbonyl (C=O) groups is 1. The molecule has 0 aromatic heterocycles. The number of hydrogen-bond donors (Lipinski definition) is 2. The Balaban J connectivity index is 1.99. The lowest BCUT2D eigenvalue weighted by atomic mass is 10.1. The van der Waals surface area contributed by atoms with Crippen molar-refractivity contribution >= 4 is 11.9 Å². The van der Waals surface area contributed by atoms with Crippen molar-refractivity contribution in [3.8, 4) is 5.75 Å². The number of carbonyl (C=O) groups excluding carboxylic acids is 1. The van der Waals surface area contributed by atoms with Crippen molar-refractivity contribution in [2.24, 2.45) is 4.99 Å². The number of nitrogens with zero attached hydrogens (tertiary/aromatic N) is 2. The van der Waals surface area contributed by atoms with Crippen LogP contribution in [0, 0.1) is 13.8 Å². The molecule has 0 aliphatic carbocycles.